The second-order valence-corrected chi connectivity index (χ2v) is 6.51. The number of nitrogens with one attached hydrogen (secondary N) is 1. The van der Waals surface area contributed by atoms with E-state index in [1.54, 1.807) is 0 Å². The fourth-order valence-corrected chi connectivity index (χ4v) is 2.70. The molecule has 0 spiro atoms. The fourth-order valence-electron chi connectivity index (χ4n) is 2.22. The molecule has 0 aliphatic carbocycles. The molecule has 0 atom stereocenters. The molecule has 1 N–H and O–H groups in total. The van der Waals surface area contributed by atoms with Crippen molar-refractivity contribution < 1.29 is 4.79 Å². The van der Waals surface area contributed by atoms with Crippen molar-refractivity contribution in [3.05, 3.63) is 64.1 Å². The Bertz CT molecular complexity index is 641. The van der Waals surface area contributed by atoms with Gasteiger partial charge < -0.3 is 10.2 Å². The number of hydrogen-bond acceptors (Lipinski definition) is 1. The number of carbonyl (C=O) groups excluding carboxylic acids is 1. The lowest BCUT2D eigenvalue weighted by Gasteiger charge is -2.27. The van der Waals surface area contributed by atoms with Crippen molar-refractivity contribution in [2.75, 3.05) is 5.32 Å². The molecule has 2 aromatic rings. The van der Waals surface area contributed by atoms with Crippen LogP contribution >= 0.6 is 15.9 Å². The van der Waals surface area contributed by atoms with Crippen LogP contribution < -0.4 is 5.32 Å². The van der Waals surface area contributed by atoms with Gasteiger partial charge in [0, 0.05) is 22.7 Å². The minimum Gasteiger partial charge on any atom is -0.318 e. The highest BCUT2D eigenvalue weighted by atomic mass is 79.9. The molecule has 0 fully saturated rings. The maximum atomic E-state index is 12.6. The Morgan fingerprint density at radius 2 is 1.86 bits per heavy atom. The highest BCUT2D eigenvalue weighted by molar-refractivity contribution is 9.10. The van der Waals surface area contributed by atoms with Gasteiger partial charge in [0.15, 0.2) is 0 Å². The lowest BCUT2D eigenvalue weighted by atomic mass is 10.2. The maximum absolute atomic E-state index is 12.6. The molecule has 0 radical (unpaired) electrons. The molecule has 0 unspecified atom stereocenters. The van der Waals surface area contributed by atoms with Crippen LogP contribution in [0.25, 0.3) is 0 Å². The van der Waals surface area contributed by atoms with Crippen LogP contribution in [0.4, 0.5) is 10.5 Å². The van der Waals surface area contributed by atoms with Crippen LogP contribution in [0.15, 0.2) is 53.0 Å². The van der Waals surface area contributed by atoms with E-state index in [1.807, 2.05) is 74.2 Å². The Morgan fingerprint density at radius 3 is 2.45 bits per heavy atom. The van der Waals surface area contributed by atoms with Gasteiger partial charge in [-0.2, -0.15) is 0 Å². The third-order valence-electron chi connectivity index (χ3n) is 3.51. The van der Waals surface area contributed by atoms with E-state index in [9.17, 15) is 4.79 Å². The van der Waals surface area contributed by atoms with Crippen LogP contribution in [-0.2, 0) is 6.54 Å². The maximum Gasteiger partial charge on any atom is 0.322 e. The van der Waals surface area contributed by atoms with Gasteiger partial charge in [-0.25, -0.2) is 4.79 Å². The lowest BCUT2D eigenvalue weighted by molar-refractivity contribution is 0.193. The summed E-state index contributed by atoms with van der Waals surface area (Å²) in [5.41, 5.74) is 3.00. The summed E-state index contributed by atoms with van der Waals surface area (Å²) in [6.45, 7) is 6.63. The SMILES string of the molecule is Cc1cc(Br)ccc1NC(=O)N(Cc1ccccc1)C(C)C. The second kappa shape index (κ2) is 7.45. The van der Waals surface area contributed by atoms with Crippen molar-refractivity contribution in [2.45, 2.75) is 33.4 Å². The first-order chi connectivity index (χ1) is 10.5. The number of anilines is 1. The van der Waals surface area contributed by atoms with Crippen LogP contribution in [-0.4, -0.2) is 17.0 Å². The predicted octanol–water partition coefficient (Wildman–Crippen LogP) is 5.20. The number of halogens is 1. The molecule has 2 rings (SSSR count). The van der Waals surface area contributed by atoms with E-state index < -0.39 is 0 Å². The van der Waals surface area contributed by atoms with Crippen molar-refractivity contribution in [3.63, 3.8) is 0 Å². The van der Waals surface area contributed by atoms with Gasteiger partial charge in [0.1, 0.15) is 0 Å². The quantitative estimate of drug-likeness (QED) is 0.798. The minimum absolute atomic E-state index is 0.0794. The Kier molecular flexibility index (Phi) is 5.61. The molecule has 116 valence electrons. The number of benzene rings is 2. The first kappa shape index (κ1) is 16.6. The zero-order valence-corrected chi connectivity index (χ0v) is 14.7. The minimum atomic E-state index is -0.0794. The molecule has 4 heteroatoms. The van der Waals surface area contributed by atoms with Crippen LogP contribution in [0.5, 0.6) is 0 Å². The third-order valence-corrected chi connectivity index (χ3v) is 4.00. The fraction of sp³-hybridized carbons (Fsp3) is 0.278. The Morgan fingerprint density at radius 1 is 1.18 bits per heavy atom. The Hall–Kier alpha value is -1.81. The van der Waals surface area contributed by atoms with E-state index in [-0.39, 0.29) is 12.1 Å². The van der Waals surface area contributed by atoms with Gasteiger partial charge in [-0.05, 0) is 50.1 Å². The molecule has 0 heterocycles. The molecule has 0 aromatic heterocycles. The number of rotatable bonds is 4. The van der Waals surface area contributed by atoms with Gasteiger partial charge in [0.2, 0.25) is 0 Å². The summed E-state index contributed by atoms with van der Waals surface area (Å²) in [7, 11) is 0. The monoisotopic (exact) mass is 360 g/mol. The molecule has 3 nitrogen and oxygen atoms in total. The molecule has 0 saturated heterocycles. The second-order valence-electron chi connectivity index (χ2n) is 5.60. The lowest BCUT2D eigenvalue weighted by Crippen LogP contribution is -2.39. The van der Waals surface area contributed by atoms with Gasteiger partial charge in [0.05, 0.1) is 0 Å². The van der Waals surface area contributed by atoms with E-state index in [1.165, 1.54) is 0 Å². The summed E-state index contributed by atoms with van der Waals surface area (Å²) in [6, 6.07) is 15.9. The van der Waals surface area contributed by atoms with Crippen LogP contribution in [0, 0.1) is 6.92 Å². The van der Waals surface area contributed by atoms with E-state index in [0.717, 1.165) is 21.3 Å². The molecule has 0 aliphatic heterocycles. The van der Waals surface area contributed by atoms with Gasteiger partial charge >= 0.3 is 6.03 Å². The smallest absolute Gasteiger partial charge is 0.318 e. The van der Waals surface area contributed by atoms with E-state index in [4.69, 9.17) is 0 Å². The summed E-state index contributed by atoms with van der Waals surface area (Å²) >= 11 is 3.44. The molecule has 22 heavy (non-hydrogen) atoms. The summed E-state index contributed by atoms with van der Waals surface area (Å²) in [5, 5.41) is 3.01. The third kappa shape index (κ3) is 4.34. The first-order valence-electron chi connectivity index (χ1n) is 7.35. The Balaban J connectivity index is 2.13. The number of nitrogens with zero attached hydrogens (tertiary/aromatic N) is 1. The summed E-state index contributed by atoms with van der Waals surface area (Å²) in [4.78, 5) is 14.4. The number of hydrogen-bond donors (Lipinski definition) is 1. The van der Waals surface area contributed by atoms with Crippen molar-refractivity contribution in [1.82, 2.24) is 4.90 Å². The molecule has 2 amide bonds. The van der Waals surface area contributed by atoms with Crippen molar-refractivity contribution >= 4 is 27.6 Å². The van der Waals surface area contributed by atoms with Gasteiger partial charge in [-0.3, -0.25) is 0 Å². The van der Waals surface area contributed by atoms with Crippen LogP contribution in [0.3, 0.4) is 0 Å². The predicted molar refractivity (Wildman–Crippen MR) is 95.0 cm³/mol. The first-order valence-corrected chi connectivity index (χ1v) is 8.14. The molecule has 2 aromatic carbocycles. The summed E-state index contributed by atoms with van der Waals surface area (Å²) < 4.78 is 1.01. The zero-order chi connectivity index (χ0) is 16.1. The van der Waals surface area contributed by atoms with Crippen LogP contribution in [0.1, 0.15) is 25.0 Å². The van der Waals surface area contributed by atoms with Gasteiger partial charge in [0.25, 0.3) is 0 Å². The van der Waals surface area contributed by atoms with E-state index >= 15 is 0 Å². The van der Waals surface area contributed by atoms with E-state index in [2.05, 4.69) is 21.2 Å². The van der Waals surface area contributed by atoms with Crippen molar-refractivity contribution in [1.29, 1.82) is 0 Å². The average molecular weight is 361 g/mol. The highest BCUT2D eigenvalue weighted by Crippen LogP contribution is 2.21. The Labute approximate surface area is 140 Å². The topological polar surface area (TPSA) is 32.3 Å². The molecule has 0 saturated carbocycles. The number of amides is 2. The van der Waals surface area contributed by atoms with Gasteiger partial charge in [-0.15, -0.1) is 0 Å². The standard InChI is InChI=1S/C18H21BrN2O/c1-13(2)21(12-15-7-5-4-6-8-15)18(22)20-17-10-9-16(19)11-14(17)3/h4-11,13H,12H2,1-3H3,(H,20,22). The van der Waals surface area contributed by atoms with Crippen LogP contribution in [0.2, 0.25) is 0 Å². The average Bonchev–Trinajstić information content (AvgIpc) is 2.48. The normalized spacial score (nSPS) is 10.6. The molecule has 0 bridgehead atoms. The molecular weight excluding hydrogens is 340 g/mol. The largest absolute Gasteiger partial charge is 0.322 e. The van der Waals surface area contributed by atoms with Crippen molar-refractivity contribution in [2.24, 2.45) is 0 Å². The highest BCUT2D eigenvalue weighted by Gasteiger charge is 2.18. The number of urea groups is 1. The van der Waals surface area contributed by atoms with Gasteiger partial charge in [-0.1, -0.05) is 46.3 Å². The summed E-state index contributed by atoms with van der Waals surface area (Å²) in [6.07, 6.45) is 0. The van der Waals surface area contributed by atoms with E-state index in [0.29, 0.717) is 6.54 Å². The zero-order valence-electron chi connectivity index (χ0n) is 13.1. The summed E-state index contributed by atoms with van der Waals surface area (Å²) in [5.74, 6) is 0. The number of carbonyl (C=O) groups is 1. The molecular formula is C18H21BrN2O. The molecule has 0 aliphatic rings. The van der Waals surface area contributed by atoms with Crippen molar-refractivity contribution in [3.8, 4) is 0 Å². The number of aryl methyl sites for hydroxylation is 1.